The summed E-state index contributed by atoms with van der Waals surface area (Å²) in [7, 11) is 0. The van der Waals surface area contributed by atoms with E-state index in [9.17, 15) is 4.79 Å². The van der Waals surface area contributed by atoms with Crippen LogP contribution in [0.4, 0.5) is 0 Å². The highest BCUT2D eigenvalue weighted by atomic mass is 16.2. The molecule has 0 aliphatic carbocycles. The quantitative estimate of drug-likeness (QED) is 0.897. The molecule has 1 saturated heterocycles. The maximum Gasteiger partial charge on any atom is 0.238 e. The molecule has 0 unspecified atom stereocenters. The molecule has 2 rings (SSSR count). The van der Waals surface area contributed by atoms with Crippen molar-refractivity contribution in [2.75, 3.05) is 13.1 Å². The zero-order valence-electron chi connectivity index (χ0n) is 12.7. The Hall–Kier alpha value is -1.42. The summed E-state index contributed by atoms with van der Waals surface area (Å²) in [5.41, 5.74) is 1.05. The summed E-state index contributed by atoms with van der Waals surface area (Å²) >= 11 is 0. The predicted octanol–water partition coefficient (Wildman–Crippen LogP) is 2.38. The van der Waals surface area contributed by atoms with Crippen molar-refractivity contribution >= 4 is 5.91 Å². The number of nitrogens with zero attached hydrogens (tertiary/aromatic N) is 2. The molecule has 1 aromatic rings. The fraction of sp³-hybridized carbons (Fsp3) is 0.625. The van der Waals surface area contributed by atoms with Crippen LogP contribution < -0.4 is 5.32 Å². The first-order chi connectivity index (χ1) is 9.59. The molecule has 1 aliphatic heterocycles. The van der Waals surface area contributed by atoms with Crippen LogP contribution in [-0.2, 0) is 4.79 Å². The highest BCUT2D eigenvalue weighted by Gasteiger charge is 2.31. The minimum Gasteiger partial charge on any atom is -0.348 e. The first kappa shape index (κ1) is 15.0. The summed E-state index contributed by atoms with van der Waals surface area (Å²) in [6.45, 7) is 8.33. The number of carbonyl (C=O) groups excluding carboxylic acids is 1. The van der Waals surface area contributed by atoms with Gasteiger partial charge in [0.2, 0.25) is 5.91 Å². The van der Waals surface area contributed by atoms with Gasteiger partial charge in [-0.2, -0.15) is 0 Å². The van der Waals surface area contributed by atoms with E-state index in [0.717, 1.165) is 18.7 Å². The van der Waals surface area contributed by atoms with Crippen molar-refractivity contribution in [2.45, 2.75) is 45.7 Å². The number of likely N-dealkylation sites (tertiary alicyclic amines) is 1. The van der Waals surface area contributed by atoms with Gasteiger partial charge in [0.1, 0.15) is 0 Å². The molecule has 0 spiro atoms. The van der Waals surface area contributed by atoms with E-state index in [1.807, 2.05) is 25.3 Å². The van der Waals surface area contributed by atoms with E-state index in [0.29, 0.717) is 5.92 Å². The maximum absolute atomic E-state index is 12.6. The van der Waals surface area contributed by atoms with Gasteiger partial charge in [0.15, 0.2) is 0 Å². The summed E-state index contributed by atoms with van der Waals surface area (Å²) in [5.74, 6) is 0.465. The first-order valence-electron chi connectivity index (χ1n) is 7.54. The molecule has 1 aromatic heterocycles. The van der Waals surface area contributed by atoms with Crippen molar-refractivity contribution in [3.8, 4) is 0 Å². The van der Waals surface area contributed by atoms with Gasteiger partial charge in [0.05, 0.1) is 12.1 Å². The van der Waals surface area contributed by atoms with Crippen molar-refractivity contribution in [3.63, 3.8) is 0 Å². The Morgan fingerprint density at radius 2 is 2.00 bits per heavy atom. The summed E-state index contributed by atoms with van der Waals surface area (Å²) < 4.78 is 0. The fourth-order valence-corrected chi connectivity index (χ4v) is 2.92. The van der Waals surface area contributed by atoms with E-state index in [4.69, 9.17) is 0 Å². The third kappa shape index (κ3) is 3.57. The standard InChI is InChI=1S/C16H25N3O/c1-12(2)15(19-9-4-5-10-19)16(20)18-13(3)14-7-6-8-17-11-14/h6-8,11-13,15H,4-5,9-10H2,1-3H3,(H,18,20)/t13-,15-/m1/s1. The minimum atomic E-state index is -0.0170. The molecule has 20 heavy (non-hydrogen) atoms. The van der Waals surface area contributed by atoms with Gasteiger partial charge in [-0.15, -0.1) is 0 Å². The smallest absolute Gasteiger partial charge is 0.238 e. The van der Waals surface area contributed by atoms with Crippen LogP contribution in [0.3, 0.4) is 0 Å². The summed E-state index contributed by atoms with van der Waals surface area (Å²) in [6, 6.07) is 3.88. The van der Waals surface area contributed by atoms with E-state index in [-0.39, 0.29) is 18.0 Å². The van der Waals surface area contributed by atoms with Crippen molar-refractivity contribution in [2.24, 2.45) is 5.92 Å². The maximum atomic E-state index is 12.6. The molecular formula is C16H25N3O. The number of nitrogens with one attached hydrogen (secondary N) is 1. The third-order valence-electron chi connectivity index (χ3n) is 3.98. The van der Waals surface area contributed by atoms with Gasteiger partial charge in [-0.3, -0.25) is 14.7 Å². The lowest BCUT2D eigenvalue weighted by molar-refractivity contribution is -0.128. The van der Waals surface area contributed by atoms with Crippen LogP contribution in [0, 0.1) is 5.92 Å². The van der Waals surface area contributed by atoms with Gasteiger partial charge < -0.3 is 5.32 Å². The molecule has 2 heterocycles. The lowest BCUT2D eigenvalue weighted by Crippen LogP contribution is -2.49. The summed E-state index contributed by atoms with van der Waals surface area (Å²) in [4.78, 5) is 19.0. The molecule has 0 aromatic carbocycles. The zero-order valence-corrected chi connectivity index (χ0v) is 12.7. The Labute approximate surface area is 121 Å². The molecule has 1 fully saturated rings. The van der Waals surface area contributed by atoms with E-state index in [1.165, 1.54) is 12.8 Å². The number of rotatable bonds is 5. The fourth-order valence-electron chi connectivity index (χ4n) is 2.92. The van der Waals surface area contributed by atoms with Gasteiger partial charge in [-0.25, -0.2) is 0 Å². The molecule has 4 nitrogen and oxygen atoms in total. The summed E-state index contributed by atoms with van der Waals surface area (Å²) in [5, 5.41) is 3.13. The molecule has 1 amide bonds. The molecular weight excluding hydrogens is 250 g/mol. The SMILES string of the molecule is CC(C)[C@H](C(=O)N[C@H](C)c1cccnc1)N1CCCC1. The number of aromatic nitrogens is 1. The second kappa shape index (κ2) is 6.84. The Bertz CT molecular complexity index is 427. The molecule has 1 aliphatic rings. The number of amides is 1. The molecule has 0 saturated carbocycles. The highest BCUT2D eigenvalue weighted by molar-refractivity contribution is 5.82. The molecule has 2 atom stereocenters. The van der Waals surface area contributed by atoms with Crippen LogP contribution in [0.2, 0.25) is 0 Å². The molecule has 1 N–H and O–H groups in total. The second-order valence-corrected chi connectivity index (χ2v) is 5.95. The lowest BCUT2D eigenvalue weighted by atomic mass is 10.0. The van der Waals surface area contributed by atoms with Gasteiger partial charge in [-0.1, -0.05) is 19.9 Å². The summed E-state index contributed by atoms with van der Waals surface area (Å²) in [6.07, 6.45) is 5.97. The predicted molar refractivity (Wildman–Crippen MR) is 80.2 cm³/mol. The van der Waals surface area contributed by atoms with E-state index < -0.39 is 0 Å². The Morgan fingerprint density at radius 1 is 1.30 bits per heavy atom. The van der Waals surface area contributed by atoms with Crippen LogP contribution in [-0.4, -0.2) is 34.9 Å². The van der Waals surface area contributed by atoms with Crippen LogP contribution >= 0.6 is 0 Å². The first-order valence-corrected chi connectivity index (χ1v) is 7.54. The largest absolute Gasteiger partial charge is 0.348 e. The number of pyridine rings is 1. The van der Waals surface area contributed by atoms with E-state index in [2.05, 4.69) is 29.0 Å². The van der Waals surface area contributed by atoms with Crippen LogP contribution in [0.15, 0.2) is 24.5 Å². The van der Waals surface area contributed by atoms with Crippen molar-refractivity contribution in [1.29, 1.82) is 0 Å². The Kier molecular flexibility index (Phi) is 5.12. The molecule has 0 bridgehead atoms. The molecule has 4 heteroatoms. The topological polar surface area (TPSA) is 45.2 Å². The van der Waals surface area contributed by atoms with Gasteiger partial charge in [0.25, 0.3) is 0 Å². The average molecular weight is 275 g/mol. The normalized spacial score (nSPS) is 19.0. The van der Waals surface area contributed by atoms with Gasteiger partial charge >= 0.3 is 0 Å². The zero-order chi connectivity index (χ0) is 14.5. The third-order valence-corrected chi connectivity index (χ3v) is 3.98. The average Bonchev–Trinajstić information content (AvgIpc) is 2.93. The lowest BCUT2D eigenvalue weighted by Gasteiger charge is -2.30. The van der Waals surface area contributed by atoms with Crippen molar-refractivity contribution in [1.82, 2.24) is 15.2 Å². The number of carbonyl (C=O) groups is 1. The minimum absolute atomic E-state index is 0.0000491. The van der Waals surface area contributed by atoms with Crippen LogP contribution in [0.1, 0.15) is 45.2 Å². The van der Waals surface area contributed by atoms with Gasteiger partial charge in [0, 0.05) is 12.4 Å². The number of hydrogen-bond acceptors (Lipinski definition) is 3. The Balaban J connectivity index is 2.01. The Morgan fingerprint density at radius 3 is 2.55 bits per heavy atom. The van der Waals surface area contributed by atoms with E-state index >= 15 is 0 Å². The van der Waals surface area contributed by atoms with Crippen molar-refractivity contribution < 1.29 is 4.79 Å². The highest BCUT2D eigenvalue weighted by Crippen LogP contribution is 2.19. The van der Waals surface area contributed by atoms with Crippen molar-refractivity contribution in [3.05, 3.63) is 30.1 Å². The number of hydrogen-bond donors (Lipinski definition) is 1. The monoisotopic (exact) mass is 275 g/mol. The van der Waals surface area contributed by atoms with E-state index in [1.54, 1.807) is 6.20 Å². The van der Waals surface area contributed by atoms with Crippen LogP contribution in [0.25, 0.3) is 0 Å². The van der Waals surface area contributed by atoms with Gasteiger partial charge in [-0.05, 0) is 50.4 Å². The van der Waals surface area contributed by atoms with Crippen LogP contribution in [0.5, 0.6) is 0 Å². The molecule has 0 radical (unpaired) electrons. The molecule has 110 valence electrons. The second-order valence-electron chi connectivity index (χ2n) is 5.95.